The molecule has 1 amide bonds. The van der Waals surface area contributed by atoms with Gasteiger partial charge in [0.25, 0.3) is 0 Å². The highest BCUT2D eigenvalue weighted by atomic mass is 16.3. The number of hydrogen-bond donors (Lipinski definition) is 3. The molecule has 3 unspecified atom stereocenters. The first-order valence-corrected chi connectivity index (χ1v) is 8.40. The smallest absolute Gasteiger partial charge is 0.217 e. The number of piperidine rings is 1. The summed E-state index contributed by atoms with van der Waals surface area (Å²) < 4.78 is 0. The average Bonchev–Trinajstić information content (AvgIpc) is 2.42. The molecule has 1 fully saturated rings. The summed E-state index contributed by atoms with van der Waals surface area (Å²) in [5.41, 5.74) is 0. The number of carbonyl (C=O) groups is 1. The highest BCUT2D eigenvalue weighted by Gasteiger charge is 2.34. The fourth-order valence-electron chi connectivity index (χ4n) is 2.97. The fraction of sp³-hybridized carbons (Fsp3) is 0.938. The third-order valence-electron chi connectivity index (χ3n) is 4.17. The molecule has 0 aromatic heterocycles. The molecule has 21 heavy (non-hydrogen) atoms. The number of nitrogens with one attached hydrogen (secondary N) is 1. The Balaban J connectivity index is 2.20. The maximum Gasteiger partial charge on any atom is 0.217 e. The van der Waals surface area contributed by atoms with Gasteiger partial charge in [0.2, 0.25) is 5.91 Å². The van der Waals surface area contributed by atoms with Gasteiger partial charge in [-0.3, -0.25) is 9.69 Å². The van der Waals surface area contributed by atoms with E-state index < -0.39 is 12.2 Å². The molecule has 1 aliphatic rings. The Bertz CT molecular complexity index is 299. The van der Waals surface area contributed by atoms with Crippen molar-refractivity contribution in [3.63, 3.8) is 0 Å². The zero-order valence-electron chi connectivity index (χ0n) is 13.6. The normalized spacial score (nSPS) is 26.8. The molecule has 1 aliphatic heterocycles. The summed E-state index contributed by atoms with van der Waals surface area (Å²) >= 11 is 0. The molecule has 1 saturated heterocycles. The molecule has 0 aromatic carbocycles. The molecule has 0 bridgehead atoms. The van der Waals surface area contributed by atoms with Gasteiger partial charge in [-0.1, -0.05) is 45.4 Å². The number of hydrogen-bond acceptors (Lipinski definition) is 4. The van der Waals surface area contributed by atoms with Gasteiger partial charge in [0.15, 0.2) is 0 Å². The van der Waals surface area contributed by atoms with Crippen molar-refractivity contribution in [2.75, 3.05) is 19.6 Å². The van der Waals surface area contributed by atoms with Gasteiger partial charge >= 0.3 is 0 Å². The molecule has 5 nitrogen and oxygen atoms in total. The van der Waals surface area contributed by atoms with Crippen LogP contribution in [0.5, 0.6) is 0 Å². The van der Waals surface area contributed by atoms with Crippen LogP contribution in [0.2, 0.25) is 0 Å². The Morgan fingerprint density at radius 3 is 2.33 bits per heavy atom. The van der Waals surface area contributed by atoms with E-state index in [9.17, 15) is 15.0 Å². The number of amides is 1. The van der Waals surface area contributed by atoms with Gasteiger partial charge in [-0.25, -0.2) is 0 Å². The zero-order chi connectivity index (χ0) is 15.7. The Hall–Kier alpha value is -0.650. The Morgan fingerprint density at radius 2 is 1.71 bits per heavy atom. The summed E-state index contributed by atoms with van der Waals surface area (Å²) in [5.74, 6) is -0.163. The van der Waals surface area contributed by atoms with Crippen LogP contribution in [0.3, 0.4) is 0 Å². The quantitative estimate of drug-likeness (QED) is 0.561. The van der Waals surface area contributed by atoms with E-state index in [4.69, 9.17) is 0 Å². The molecule has 0 aromatic rings. The highest BCUT2D eigenvalue weighted by molar-refractivity contribution is 5.73. The van der Waals surface area contributed by atoms with Gasteiger partial charge in [-0.05, 0) is 13.0 Å². The van der Waals surface area contributed by atoms with E-state index in [0.717, 1.165) is 13.0 Å². The lowest BCUT2D eigenvalue weighted by Gasteiger charge is -2.39. The first-order valence-electron chi connectivity index (χ1n) is 8.40. The van der Waals surface area contributed by atoms with Gasteiger partial charge in [0, 0.05) is 20.0 Å². The lowest BCUT2D eigenvalue weighted by Crippen LogP contribution is -2.61. The van der Waals surface area contributed by atoms with E-state index in [1.165, 1.54) is 45.4 Å². The Morgan fingerprint density at radius 1 is 1.10 bits per heavy atom. The van der Waals surface area contributed by atoms with Crippen LogP contribution in [0.15, 0.2) is 0 Å². The largest absolute Gasteiger partial charge is 0.389 e. The van der Waals surface area contributed by atoms with E-state index in [2.05, 4.69) is 17.1 Å². The first kappa shape index (κ1) is 18.4. The van der Waals surface area contributed by atoms with Crippen molar-refractivity contribution in [2.24, 2.45) is 0 Å². The number of likely N-dealkylation sites (tertiary alicyclic amines) is 1. The molecule has 0 radical (unpaired) electrons. The third-order valence-corrected chi connectivity index (χ3v) is 4.17. The number of β-amino-alcohol motifs (C(OH)–C–C–N with tert-alkyl or cyclic N) is 1. The maximum absolute atomic E-state index is 11.1. The minimum absolute atomic E-state index is 0.163. The molecule has 5 heteroatoms. The van der Waals surface area contributed by atoms with Crippen LogP contribution in [0.1, 0.15) is 58.8 Å². The molecule has 0 aliphatic carbocycles. The second kappa shape index (κ2) is 10.1. The maximum atomic E-state index is 11.1. The lowest BCUT2D eigenvalue weighted by molar-refractivity contribution is -0.123. The number of rotatable bonds is 9. The van der Waals surface area contributed by atoms with E-state index >= 15 is 0 Å². The number of aliphatic hydroxyl groups is 2. The Labute approximate surface area is 128 Å². The molecule has 1 heterocycles. The van der Waals surface area contributed by atoms with Crippen molar-refractivity contribution < 1.29 is 15.0 Å². The Kier molecular flexibility index (Phi) is 8.88. The average molecular weight is 300 g/mol. The minimum Gasteiger partial charge on any atom is -0.389 e. The monoisotopic (exact) mass is 300 g/mol. The van der Waals surface area contributed by atoms with Crippen LogP contribution < -0.4 is 5.32 Å². The number of aliphatic hydroxyl groups excluding tert-OH is 2. The summed E-state index contributed by atoms with van der Waals surface area (Å²) in [6.45, 7) is 5.70. The topological polar surface area (TPSA) is 72.8 Å². The van der Waals surface area contributed by atoms with Crippen molar-refractivity contribution in [1.29, 1.82) is 0 Å². The second-order valence-electron chi connectivity index (χ2n) is 6.25. The van der Waals surface area contributed by atoms with E-state index in [0.29, 0.717) is 13.1 Å². The van der Waals surface area contributed by atoms with Crippen LogP contribution in [0.4, 0.5) is 0 Å². The number of unbranched alkanes of at least 4 members (excludes halogenated alkanes) is 6. The van der Waals surface area contributed by atoms with Crippen LogP contribution in [0, 0.1) is 0 Å². The SMILES string of the molecule is CCCCCCCCCN1CC(O)C(O)C(NC(C)=O)C1. The van der Waals surface area contributed by atoms with Crippen molar-refractivity contribution in [3.05, 3.63) is 0 Å². The molecule has 0 saturated carbocycles. The zero-order valence-corrected chi connectivity index (χ0v) is 13.6. The molecule has 124 valence electrons. The fourth-order valence-corrected chi connectivity index (χ4v) is 2.97. The summed E-state index contributed by atoms with van der Waals surface area (Å²) in [4.78, 5) is 13.3. The lowest BCUT2D eigenvalue weighted by atomic mass is 9.99. The molecule has 1 rings (SSSR count). The van der Waals surface area contributed by atoms with Crippen molar-refractivity contribution >= 4 is 5.91 Å². The number of nitrogens with zero attached hydrogens (tertiary/aromatic N) is 1. The van der Waals surface area contributed by atoms with Crippen LogP contribution in [0.25, 0.3) is 0 Å². The molecule has 3 atom stereocenters. The van der Waals surface area contributed by atoms with Gasteiger partial charge in [-0.15, -0.1) is 0 Å². The first-order chi connectivity index (χ1) is 10.0. The van der Waals surface area contributed by atoms with E-state index in [1.54, 1.807) is 0 Å². The predicted octanol–water partition coefficient (Wildman–Crippen LogP) is 1.28. The summed E-state index contributed by atoms with van der Waals surface area (Å²) in [6.07, 6.45) is 7.20. The van der Waals surface area contributed by atoms with Gasteiger partial charge in [0.1, 0.15) is 6.10 Å². The third kappa shape index (κ3) is 7.25. The highest BCUT2D eigenvalue weighted by Crippen LogP contribution is 2.14. The molecule has 0 spiro atoms. The predicted molar refractivity (Wildman–Crippen MR) is 84.1 cm³/mol. The summed E-state index contributed by atoms with van der Waals surface area (Å²) in [5, 5.41) is 22.5. The summed E-state index contributed by atoms with van der Waals surface area (Å²) in [7, 11) is 0. The van der Waals surface area contributed by atoms with Crippen molar-refractivity contribution in [3.8, 4) is 0 Å². The number of carbonyl (C=O) groups excluding carboxylic acids is 1. The van der Waals surface area contributed by atoms with E-state index in [-0.39, 0.29) is 11.9 Å². The standard InChI is InChI=1S/C16H32N2O3/c1-3-4-5-6-7-8-9-10-18-11-14(17-13(2)19)16(21)15(20)12-18/h14-16,20-21H,3-12H2,1-2H3,(H,17,19). The molecular formula is C16H32N2O3. The second-order valence-corrected chi connectivity index (χ2v) is 6.25. The minimum atomic E-state index is -0.862. The molecular weight excluding hydrogens is 268 g/mol. The van der Waals surface area contributed by atoms with Gasteiger partial charge in [0.05, 0.1) is 12.1 Å². The van der Waals surface area contributed by atoms with Gasteiger partial charge < -0.3 is 15.5 Å². The summed E-state index contributed by atoms with van der Waals surface area (Å²) in [6, 6.07) is -0.365. The van der Waals surface area contributed by atoms with Crippen LogP contribution in [-0.2, 0) is 4.79 Å². The van der Waals surface area contributed by atoms with Gasteiger partial charge in [-0.2, -0.15) is 0 Å². The van der Waals surface area contributed by atoms with Crippen molar-refractivity contribution in [1.82, 2.24) is 10.2 Å². The van der Waals surface area contributed by atoms with Crippen LogP contribution in [-0.4, -0.2) is 58.9 Å². The molecule has 3 N–H and O–H groups in total. The van der Waals surface area contributed by atoms with E-state index in [1.807, 2.05) is 0 Å². The van der Waals surface area contributed by atoms with Crippen molar-refractivity contribution in [2.45, 2.75) is 77.0 Å². The van der Waals surface area contributed by atoms with Crippen LogP contribution >= 0.6 is 0 Å².